The van der Waals surface area contributed by atoms with E-state index in [1.54, 1.807) is 17.2 Å². The Kier molecular flexibility index (Phi) is 3.00. The highest BCUT2D eigenvalue weighted by Gasteiger charge is 2.01. The van der Waals surface area contributed by atoms with Gasteiger partial charge in [0.25, 0.3) is 0 Å². The van der Waals surface area contributed by atoms with Gasteiger partial charge in [-0.05, 0) is 12.1 Å². The van der Waals surface area contributed by atoms with Gasteiger partial charge in [0.1, 0.15) is 0 Å². The molecule has 4 heteroatoms. The first-order valence-corrected chi connectivity index (χ1v) is 5.07. The number of aromatic nitrogens is 2. The largest absolute Gasteiger partial charge is 0.369 e. The average molecular weight is 214 g/mol. The molecule has 0 amide bonds. The average Bonchev–Trinajstić information content (AvgIpc) is 2.75. The van der Waals surface area contributed by atoms with E-state index in [1.807, 2.05) is 55.4 Å². The number of nitrogens with zero attached hydrogens (tertiary/aromatic N) is 4. The lowest BCUT2D eigenvalue weighted by Crippen LogP contribution is -2.07. The van der Waals surface area contributed by atoms with Crippen molar-refractivity contribution in [2.75, 3.05) is 14.1 Å². The maximum atomic E-state index is 4.34. The maximum Gasteiger partial charge on any atom is 0.157 e. The molecule has 0 N–H and O–H groups in total. The molecule has 4 nitrogen and oxygen atoms in total. The van der Waals surface area contributed by atoms with Gasteiger partial charge in [-0.25, -0.2) is 9.67 Å². The minimum absolute atomic E-state index is 0.819. The lowest BCUT2D eigenvalue weighted by atomic mass is 10.3. The Morgan fingerprint density at radius 3 is 2.62 bits per heavy atom. The van der Waals surface area contributed by atoms with E-state index in [0.717, 1.165) is 11.5 Å². The van der Waals surface area contributed by atoms with Gasteiger partial charge in [0, 0.05) is 20.2 Å². The summed E-state index contributed by atoms with van der Waals surface area (Å²) < 4.78 is 1.81. The van der Waals surface area contributed by atoms with Crippen molar-refractivity contribution >= 4 is 12.2 Å². The fourth-order valence-corrected chi connectivity index (χ4v) is 1.34. The molecule has 16 heavy (non-hydrogen) atoms. The molecule has 0 saturated carbocycles. The summed E-state index contributed by atoms with van der Waals surface area (Å²) >= 11 is 0. The van der Waals surface area contributed by atoms with Crippen LogP contribution in [0.2, 0.25) is 0 Å². The van der Waals surface area contributed by atoms with Crippen LogP contribution in [0.5, 0.6) is 0 Å². The molecule has 0 fully saturated rings. The summed E-state index contributed by atoms with van der Waals surface area (Å²) in [6, 6.07) is 11.8. The standard InChI is InChI=1S/C12H14N4/c1-15(2)10-13-12-8-9-14-16(12)11-6-4-3-5-7-11/h3-10H,1-2H3. The van der Waals surface area contributed by atoms with Crippen molar-refractivity contribution in [1.29, 1.82) is 0 Å². The van der Waals surface area contributed by atoms with Crippen LogP contribution < -0.4 is 0 Å². The van der Waals surface area contributed by atoms with Gasteiger partial charge < -0.3 is 4.90 Å². The van der Waals surface area contributed by atoms with Crippen molar-refractivity contribution in [3.05, 3.63) is 42.6 Å². The molecule has 0 aliphatic heterocycles. The summed E-state index contributed by atoms with van der Waals surface area (Å²) in [5, 5.41) is 4.25. The molecule has 1 aromatic carbocycles. The van der Waals surface area contributed by atoms with E-state index in [2.05, 4.69) is 10.1 Å². The number of rotatable bonds is 3. The highest BCUT2D eigenvalue weighted by molar-refractivity contribution is 5.59. The van der Waals surface area contributed by atoms with Gasteiger partial charge in [-0.1, -0.05) is 18.2 Å². The topological polar surface area (TPSA) is 33.4 Å². The molecule has 0 bridgehead atoms. The second-order valence-electron chi connectivity index (χ2n) is 3.64. The third-order valence-corrected chi connectivity index (χ3v) is 2.04. The van der Waals surface area contributed by atoms with E-state index in [9.17, 15) is 0 Å². The van der Waals surface area contributed by atoms with E-state index in [1.165, 1.54) is 0 Å². The Morgan fingerprint density at radius 2 is 1.94 bits per heavy atom. The maximum absolute atomic E-state index is 4.34. The number of hydrogen-bond acceptors (Lipinski definition) is 2. The molecule has 0 radical (unpaired) electrons. The minimum Gasteiger partial charge on any atom is -0.369 e. The SMILES string of the molecule is CN(C)C=Nc1ccnn1-c1ccccc1. The summed E-state index contributed by atoms with van der Waals surface area (Å²) in [6.07, 6.45) is 3.51. The molecule has 0 saturated heterocycles. The number of benzene rings is 1. The first kappa shape index (κ1) is 10.4. The lowest BCUT2D eigenvalue weighted by Gasteiger charge is -2.05. The number of aliphatic imine (C=N–C) groups is 1. The van der Waals surface area contributed by atoms with Gasteiger partial charge in [0.15, 0.2) is 5.82 Å². The van der Waals surface area contributed by atoms with Gasteiger partial charge in [0.2, 0.25) is 0 Å². The van der Waals surface area contributed by atoms with Gasteiger partial charge in [-0.3, -0.25) is 0 Å². The molecule has 0 spiro atoms. The van der Waals surface area contributed by atoms with Crippen LogP contribution in [0.25, 0.3) is 5.69 Å². The Labute approximate surface area is 94.8 Å². The molecule has 82 valence electrons. The Bertz CT molecular complexity index is 471. The van der Waals surface area contributed by atoms with Crippen molar-refractivity contribution < 1.29 is 0 Å². The first-order valence-electron chi connectivity index (χ1n) is 5.07. The third-order valence-electron chi connectivity index (χ3n) is 2.04. The van der Waals surface area contributed by atoms with E-state index in [-0.39, 0.29) is 0 Å². The first-order chi connectivity index (χ1) is 7.77. The van der Waals surface area contributed by atoms with E-state index < -0.39 is 0 Å². The van der Waals surface area contributed by atoms with Gasteiger partial charge in [-0.2, -0.15) is 5.10 Å². The van der Waals surface area contributed by atoms with Gasteiger partial charge in [0.05, 0.1) is 18.2 Å². The molecule has 1 heterocycles. The van der Waals surface area contributed by atoms with Gasteiger partial charge in [-0.15, -0.1) is 0 Å². The van der Waals surface area contributed by atoms with Gasteiger partial charge >= 0.3 is 0 Å². The van der Waals surface area contributed by atoms with Crippen LogP contribution in [0, 0.1) is 0 Å². The van der Waals surface area contributed by atoms with Crippen LogP contribution in [-0.2, 0) is 0 Å². The molecule has 0 aliphatic rings. The Balaban J connectivity index is 2.33. The number of para-hydroxylation sites is 1. The Hall–Kier alpha value is -2.10. The summed E-state index contributed by atoms with van der Waals surface area (Å²) in [4.78, 5) is 6.23. The molecule has 0 atom stereocenters. The second kappa shape index (κ2) is 4.61. The second-order valence-corrected chi connectivity index (χ2v) is 3.64. The van der Waals surface area contributed by atoms with E-state index in [4.69, 9.17) is 0 Å². The van der Waals surface area contributed by atoms with Crippen LogP contribution in [0.4, 0.5) is 5.82 Å². The monoisotopic (exact) mass is 214 g/mol. The molecule has 0 aliphatic carbocycles. The molecule has 2 rings (SSSR count). The molecular weight excluding hydrogens is 200 g/mol. The van der Waals surface area contributed by atoms with Crippen molar-refractivity contribution in [3.63, 3.8) is 0 Å². The van der Waals surface area contributed by atoms with E-state index >= 15 is 0 Å². The van der Waals surface area contributed by atoms with Crippen LogP contribution >= 0.6 is 0 Å². The van der Waals surface area contributed by atoms with Crippen molar-refractivity contribution in [2.45, 2.75) is 0 Å². The van der Waals surface area contributed by atoms with Crippen molar-refractivity contribution in [1.82, 2.24) is 14.7 Å². The normalized spacial score (nSPS) is 10.9. The predicted octanol–water partition coefficient (Wildman–Crippen LogP) is 2.09. The number of hydrogen-bond donors (Lipinski definition) is 0. The zero-order valence-electron chi connectivity index (χ0n) is 9.41. The van der Waals surface area contributed by atoms with Crippen LogP contribution in [0.1, 0.15) is 0 Å². The summed E-state index contributed by atoms with van der Waals surface area (Å²) in [6.45, 7) is 0. The van der Waals surface area contributed by atoms with Crippen LogP contribution in [0.3, 0.4) is 0 Å². The zero-order chi connectivity index (χ0) is 11.4. The smallest absolute Gasteiger partial charge is 0.157 e. The lowest BCUT2D eigenvalue weighted by molar-refractivity contribution is 0.642. The fraction of sp³-hybridized carbons (Fsp3) is 0.167. The summed E-state index contributed by atoms with van der Waals surface area (Å²) in [7, 11) is 3.87. The minimum atomic E-state index is 0.819. The Morgan fingerprint density at radius 1 is 1.19 bits per heavy atom. The highest BCUT2D eigenvalue weighted by atomic mass is 15.3. The summed E-state index contributed by atoms with van der Waals surface area (Å²) in [5.41, 5.74) is 1.01. The zero-order valence-corrected chi connectivity index (χ0v) is 9.41. The molecule has 0 unspecified atom stereocenters. The molecule has 1 aromatic heterocycles. The van der Waals surface area contributed by atoms with Crippen molar-refractivity contribution in [2.24, 2.45) is 4.99 Å². The highest BCUT2D eigenvalue weighted by Crippen LogP contribution is 2.16. The van der Waals surface area contributed by atoms with Crippen LogP contribution in [0.15, 0.2) is 47.6 Å². The van der Waals surface area contributed by atoms with Crippen molar-refractivity contribution in [3.8, 4) is 5.69 Å². The fourth-order valence-electron chi connectivity index (χ4n) is 1.34. The quantitative estimate of drug-likeness (QED) is 0.579. The van der Waals surface area contributed by atoms with E-state index in [0.29, 0.717) is 0 Å². The van der Waals surface area contributed by atoms with Crippen LogP contribution in [-0.4, -0.2) is 35.1 Å². The molecule has 2 aromatic rings. The summed E-state index contributed by atoms with van der Waals surface area (Å²) in [5.74, 6) is 0.819. The molecular formula is C12H14N4. The predicted molar refractivity (Wildman–Crippen MR) is 65.4 cm³/mol. The third kappa shape index (κ3) is 2.28.